The summed E-state index contributed by atoms with van der Waals surface area (Å²) in [4.78, 5) is 0. The number of benzene rings is 2. The lowest BCUT2D eigenvalue weighted by molar-refractivity contribution is 0.217. The van der Waals surface area contributed by atoms with Gasteiger partial charge in [0, 0.05) is 12.0 Å². The minimum absolute atomic E-state index is 0.376. The van der Waals surface area contributed by atoms with Crippen LogP contribution in [0.25, 0.3) is 11.1 Å². The van der Waals surface area contributed by atoms with Gasteiger partial charge in [0.2, 0.25) is 0 Å². The van der Waals surface area contributed by atoms with Crippen molar-refractivity contribution in [1.29, 1.82) is 0 Å². The number of hydrogen-bond donors (Lipinski definition) is 0. The second-order valence-corrected chi connectivity index (χ2v) is 5.60. The smallest absolute Gasteiger partial charge is 0.130 e. The predicted octanol–water partition coefficient (Wildman–Crippen LogP) is 5.24. The highest BCUT2D eigenvalue weighted by Gasteiger charge is 2.24. The Morgan fingerprint density at radius 3 is 2.65 bits per heavy atom. The van der Waals surface area contributed by atoms with Gasteiger partial charge in [0.25, 0.3) is 0 Å². The average Bonchev–Trinajstić information content (AvgIpc) is 2.91. The molecule has 1 aliphatic rings. The summed E-state index contributed by atoms with van der Waals surface area (Å²) in [5, 5.41) is 0. The Labute approximate surface area is 121 Å². The predicted molar refractivity (Wildman–Crippen MR) is 84.1 cm³/mol. The highest BCUT2D eigenvalue weighted by molar-refractivity contribution is 5.72. The van der Waals surface area contributed by atoms with Gasteiger partial charge < -0.3 is 4.74 Å². The van der Waals surface area contributed by atoms with Crippen molar-refractivity contribution < 1.29 is 4.74 Å². The Bertz CT molecular complexity index is 559. The highest BCUT2D eigenvalue weighted by Crippen LogP contribution is 2.39. The Morgan fingerprint density at radius 1 is 1.00 bits per heavy atom. The molecule has 0 fully saturated rings. The van der Waals surface area contributed by atoms with Crippen molar-refractivity contribution in [3.63, 3.8) is 0 Å². The van der Waals surface area contributed by atoms with Crippen molar-refractivity contribution in [1.82, 2.24) is 0 Å². The number of hydrogen-bond acceptors (Lipinski definition) is 1. The van der Waals surface area contributed by atoms with Crippen LogP contribution in [-0.2, 0) is 6.42 Å². The molecule has 0 N–H and O–H groups in total. The molecule has 2 aromatic rings. The van der Waals surface area contributed by atoms with E-state index >= 15 is 0 Å². The molecule has 0 amide bonds. The van der Waals surface area contributed by atoms with Gasteiger partial charge in [-0.1, -0.05) is 68.3 Å². The number of unbranched alkanes of at least 4 members (excludes halogenated alkanes) is 2. The quantitative estimate of drug-likeness (QED) is 0.673. The molecule has 0 aromatic heterocycles. The van der Waals surface area contributed by atoms with Crippen LogP contribution >= 0.6 is 0 Å². The van der Waals surface area contributed by atoms with Crippen molar-refractivity contribution in [3.05, 3.63) is 54.1 Å². The average molecular weight is 266 g/mol. The number of rotatable bonds is 5. The summed E-state index contributed by atoms with van der Waals surface area (Å²) in [6.07, 6.45) is 6.48. The maximum absolute atomic E-state index is 6.24. The monoisotopic (exact) mass is 266 g/mol. The second kappa shape index (κ2) is 6.13. The molecule has 1 heterocycles. The standard InChI is InChI=1S/C19H22O/c1-2-3-5-12-17-14-16-11-8-13-18(19(16)20-17)15-9-6-4-7-10-15/h4,6-11,13,17H,2-3,5,12,14H2,1H3. The Hall–Kier alpha value is -1.76. The third-order valence-electron chi connectivity index (χ3n) is 4.04. The Kier molecular flexibility index (Phi) is 4.05. The third kappa shape index (κ3) is 2.72. The zero-order chi connectivity index (χ0) is 13.8. The fraction of sp³-hybridized carbons (Fsp3) is 0.368. The van der Waals surface area contributed by atoms with E-state index in [0.29, 0.717) is 6.10 Å². The molecule has 2 aromatic carbocycles. The van der Waals surface area contributed by atoms with E-state index in [1.165, 1.54) is 42.4 Å². The lowest BCUT2D eigenvalue weighted by Crippen LogP contribution is -2.12. The molecular weight excluding hydrogens is 244 g/mol. The molecule has 1 atom stereocenters. The molecule has 104 valence electrons. The van der Waals surface area contributed by atoms with Crippen LogP contribution in [0.5, 0.6) is 5.75 Å². The zero-order valence-electron chi connectivity index (χ0n) is 12.1. The first-order valence-electron chi connectivity index (χ1n) is 7.72. The van der Waals surface area contributed by atoms with Gasteiger partial charge in [0.05, 0.1) is 0 Å². The van der Waals surface area contributed by atoms with E-state index in [-0.39, 0.29) is 0 Å². The molecule has 0 spiro atoms. The molecule has 0 saturated heterocycles. The molecule has 0 bridgehead atoms. The summed E-state index contributed by atoms with van der Waals surface area (Å²) in [5.41, 5.74) is 3.85. The Morgan fingerprint density at radius 2 is 1.85 bits per heavy atom. The van der Waals surface area contributed by atoms with Gasteiger partial charge in [-0.15, -0.1) is 0 Å². The van der Waals surface area contributed by atoms with Gasteiger partial charge in [-0.2, -0.15) is 0 Å². The fourth-order valence-corrected chi connectivity index (χ4v) is 2.97. The van der Waals surface area contributed by atoms with Crippen LogP contribution in [0, 0.1) is 0 Å². The molecule has 0 aliphatic carbocycles. The summed E-state index contributed by atoms with van der Waals surface area (Å²) >= 11 is 0. The molecule has 0 radical (unpaired) electrons. The van der Waals surface area contributed by atoms with Gasteiger partial charge in [0.1, 0.15) is 11.9 Å². The molecule has 0 saturated carbocycles. The van der Waals surface area contributed by atoms with Gasteiger partial charge in [-0.25, -0.2) is 0 Å². The molecule has 1 aliphatic heterocycles. The summed E-state index contributed by atoms with van der Waals surface area (Å²) in [6.45, 7) is 2.25. The van der Waals surface area contributed by atoms with E-state index in [4.69, 9.17) is 4.74 Å². The van der Waals surface area contributed by atoms with Crippen LogP contribution in [0.4, 0.5) is 0 Å². The second-order valence-electron chi connectivity index (χ2n) is 5.60. The summed E-state index contributed by atoms with van der Waals surface area (Å²) in [6, 6.07) is 17.1. The van der Waals surface area contributed by atoms with E-state index in [0.717, 1.165) is 12.2 Å². The Balaban J connectivity index is 1.80. The molecule has 1 nitrogen and oxygen atoms in total. The molecule has 1 unspecified atom stereocenters. The van der Waals surface area contributed by atoms with Crippen LogP contribution in [0.1, 0.15) is 38.2 Å². The van der Waals surface area contributed by atoms with Crippen LogP contribution in [0.3, 0.4) is 0 Å². The number of para-hydroxylation sites is 1. The summed E-state index contributed by atoms with van der Waals surface area (Å²) < 4.78 is 6.24. The highest BCUT2D eigenvalue weighted by atomic mass is 16.5. The normalized spacial score (nSPS) is 16.8. The van der Waals surface area contributed by atoms with Gasteiger partial charge >= 0.3 is 0 Å². The number of ether oxygens (including phenoxy) is 1. The lowest BCUT2D eigenvalue weighted by atomic mass is 10.00. The zero-order valence-corrected chi connectivity index (χ0v) is 12.1. The maximum atomic E-state index is 6.24. The van der Waals surface area contributed by atoms with Crippen molar-refractivity contribution in [2.45, 2.75) is 45.1 Å². The maximum Gasteiger partial charge on any atom is 0.130 e. The third-order valence-corrected chi connectivity index (χ3v) is 4.04. The van der Waals surface area contributed by atoms with E-state index in [2.05, 4.69) is 55.5 Å². The van der Waals surface area contributed by atoms with Gasteiger partial charge in [-0.3, -0.25) is 0 Å². The van der Waals surface area contributed by atoms with E-state index in [1.54, 1.807) is 0 Å². The fourth-order valence-electron chi connectivity index (χ4n) is 2.97. The first kappa shape index (κ1) is 13.2. The van der Waals surface area contributed by atoms with E-state index in [1.807, 2.05) is 0 Å². The van der Waals surface area contributed by atoms with E-state index < -0.39 is 0 Å². The van der Waals surface area contributed by atoms with E-state index in [9.17, 15) is 0 Å². The SMILES string of the molecule is CCCCCC1Cc2cccc(-c3ccccc3)c2O1. The molecule has 1 heteroatoms. The number of fused-ring (bicyclic) bond motifs is 1. The first-order valence-corrected chi connectivity index (χ1v) is 7.72. The van der Waals surface area contributed by atoms with Crippen molar-refractivity contribution in [2.24, 2.45) is 0 Å². The van der Waals surface area contributed by atoms with Crippen LogP contribution < -0.4 is 4.74 Å². The van der Waals surface area contributed by atoms with Crippen molar-refractivity contribution in [2.75, 3.05) is 0 Å². The molecule has 3 rings (SSSR count). The molecule has 20 heavy (non-hydrogen) atoms. The first-order chi connectivity index (χ1) is 9.88. The van der Waals surface area contributed by atoms with Crippen molar-refractivity contribution >= 4 is 0 Å². The van der Waals surface area contributed by atoms with Gasteiger partial charge in [0.15, 0.2) is 0 Å². The van der Waals surface area contributed by atoms with Crippen molar-refractivity contribution in [3.8, 4) is 16.9 Å². The summed E-state index contributed by atoms with van der Waals surface area (Å²) in [5.74, 6) is 1.11. The van der Waals surface area contributed by atoms with Crippen LogP contribution in [-0.4, -0.2) is 6.10 Å². The minimum atomic E-state index is 0.376. The lowest BCUT2D eigenvalue weighted by Gasteiger charge is -2.12. The minimum Gasteiger partial charge on any atom is -0.489 e. The topological polar surface area (TPSA) is 9.23 Å². The van der Waals surface area contributed by atoms with Crippen LogP contribution in [0.15, 0.2) is 48.5 Å². The van der Waals surface area contributed by atoms with Gasteiger partial charge in [-0.05, 0) is 24.0 Å². The van der Waals surface area contributed by atoms with Crippen LogP contribution in [0.2, 0.25) is 0 Å². The summed E-state index contributed by atoms with van der Waals surface area (Å²) in [7, 11) is 0. The largest absolute Gasteiger partial charge is 0.489 e. The molecular formula is C19H22O.